The highest BCUT2D eigenvalue weighted by Gasteiger charge is 2.11. The van der Waals surface area contributed by atoms with Crippen LogP contribution >= 0.6 is 0 Å². The number of ether oxygens (including phenoxy) is 2. The third-order valence-electron chi connectivity index (χ3n) is 5.34. The Kier molecular flexibility index (Phi) is 8.31. The average molecular weight is 438 g/mol. The minimum atomic E-state index is -0.558. The van der Waals surface area contributed by atoms with Gasteiger partial charge in [-0.1, -0.05) is 29.8 Å². The van der Waals surface area contributed by atoms with Gasteiger partial charge in [0.1, 0.15) is 30.8 Å². The van der Waals surface area contributed by atoms with Crippen molar-refractivity contribution in [2.45, 2.75) is 46.9 Å². The van der Waals surface area contributed by atoms with E-state index in [9.17, 15) is 5.11 Å². The molecule has 1 N–H and O–H groups in total. The molecular formula is C26H35N3O3. The second kappa shape index (κ2) is 11.2. The lowest BCUT2D eigenvalue weighted by atomic mass is 10.1. The summed E-state index contributed by atoms with van der Waals surface area (Å²) in [5.74, 6) is 1.67. The second-order valence-electron chi connectivity index (χ2n) is 8.57. The van der Waals surface area contributed by atoms with Crippen LogP contribution in [0.3, 0.4) is 0 Å². The molecule has 1 aromatic heterocycles. The van der Waals surface area contributed by atoms with E-state index in [0.717, 1.165) is 41.5 Å². The van der Waals surface area contributed by atoms with Crippen LogP contribution in [0.25, 0.3) is 0 Å². The quantitative estimate of drug-likeness (QED) is 0.490. The summed E-state index contributed by atoms with van der Waals surface area (Å²) >= 11 is 0. The van der Waals surface area contributed by atoms with Crippen LogP contribution in [0.5, 0.6) is 11.5 Å². The molecule has 0 radical (unpaired) electrons. The van der Waals surface area contributed by atoms with E-state index in [4.69, 9.17) is 9.47 Å². The summed E-state index contributed by atoms with van der Waals surface area (Å²) in [5.41, 5.74) is 5.63. The summed E-state index contributed by atoms with van der Waals surface area (Å²) in [7, 11) is 2.00. The zero-order valence-corrected chi connectivity index (χ0v) is 19.8. The lowest BCUT2D eigenvalue weighted by molar-refractivity contribution is 0.0741. The highest BCUT2D eigenvalue weighted by Crippen LogP contribution is 2.19. The van der Waals surface area contributed by atoms with Gasteiger partial charge in [-0.3, -0.25) is 9.58 Å². The molecule has 6 heteroatoms. The summed E-state index contributed by atoms with van der Waals surface area (Å²) in [4.78, 5) is 2.09. The Morgan fingerprint density at radius 2 is 1.75 bits per heavy atom. The molecule has 0 unspecified atom stereocenters. The molecule has 6 nitrogen and oxygen atoms in total. The van der Waals surface area contributed by atoms with E-state index in [1.165, 1.54) is 11.1 Å². The first-order valence-corrected chi connectivity index (χ1v) is 11.1. The van der Waals surface area contributed by atoms with Gasteiger partial charge >= 0.3 is 0 Å². The fourth-order valence-corrected chi connectivity index (χ4v) is 3.78. The van der Waals surface area contributed by atoms with Gasteiger partial charge in [-0.25, -0.2) is 0 Å². The first kappa shape index (κ1) is 23.8. The molecule has 32 heavy (non-hydrogen) atoms. The van der Waals surface area contributed by atoms with Crippen LogP contribution < -0.4 is 9.47 Å². The molecule has 0 bridgehead atoms. The lowest BCUT2D eigenvalue weighted by Gasteiger charge is -2.21. The van der Waals surface area contributed by atoms with E-state index < -0.39 is 6.10 Å². The van der Waals surface area contributed by atoms with E-state index >= 15 is 0 Å². The number of aryl methyl sites for hydroxylation is 4. The monoisotopic (exact) mass is 437 g/mol. The predicted molar refractivity (Wildman–Crippen MR) is 127 cm³/mol. The Morgan fingerprint density at radius 1 is 1.00 bits per heavy atom. The maximum atomic E-state index is 10.4. The van der Waals surface area contributed by atoms with Gasteiger partial charge in [0.15, 0.2) is 0 Å². The van der Waals surface area contributed by atoms with E-state index in [1.54, 1.807) is 0 Å². The number of aliphatic hydroxyl groups is 1. The Hall–Kier alpha value is -2.83. The van der Waals surface area contributed by atoms with Crippen LogP contribution in [0, 0.1) is 27.7 Å². The molecule has 0 saturated carbocycles. The van der Waals surface area contributed by atoms with Crippen molar-refractivity contribution in [3.05, 3.63) is 76.6 Å². The number of hydrogen-bond acceptors (Lipinski definition) is 5. The molecule has 0 spiro atoms. The van der Waals surface area contributed by atoms with Crippen molar-refractivity contribution in [3.8, 4) is 11.5 Å². The summed E-state index contributed by atoms with van der Waals surface area (Å²) in [6, 6.07) is 16.2. The van der Waals surface area contributed by atoms with Crippen molar-refractivity contribution in [2.24, 2.45) is 0 Å². The number of likely N-dealkylation sites (N-methyl/N-ethyl adjacent to an activating group) is 1. The molecule has 3 rings (SSSR count). The smallest absolute Gasteiger partial charge is 0.122 e. The largest absolute Gasteiger partial charge is 0.492 e. The lowest BCUT2D eigenvalue weighted by Crippen LogP contribution is -2.32. The van der Waals surface area contributed by atoms with Crippen molar-refractivity contribution in [2.75, 3.05) is 26.8 Å². The number of benzene rings is 2. The Morgan fingerprint density at radius 3 is 2.41 bits per heavy atom. The van der Waals surface area contributed by atoms with E-state index in [0.29, 0.717) is 13.2 Å². The van der Waals surface area contributed by atoms with Gasteiger partial charge in [-0.2, -0.15) is 5.10 Å². The van der Waals surface area contributed by atoms with Crippen LogP contribution in [-0.2, 0) is 13.1 Å². The molecule has 172 valence electrons. The second-order valence-corrected chi connectivity index (χ2v) is 8.57. The standard InChI is InChI=1S/C26H35N3O3/c1-19-6-11-26(20(2)14-19)32-18-24(30)17-28(5)16-23-7-9-25(10-8-23)31-13-12-29-22(4)15-21(3)27-29/h6-11,14-15,24,30H,12-13,16-18H2,1-5H3/t24-/m0/s1. The zero-order valence-electron chi connectivity index (χ0n) is 19.8. The number of nitrogens with zero attached hydrogens (tertiary/aromatic N) is 3. The van der Waals surface area contributed by atoms with Gasteiger partial charge < -0.3 is 14.6 Å². The van der Waals surface area contributed by atoms with Crippen molar-refractivity contribution in [3.63, 3.8) is 0 Å². The highest BCUT2D eigenvalue weighted by atomic mass is 16.5. The first-order valence-electron chi connectivity index (χ1n) is 11.1. The number of aliphatic hydroxyl groups excluding tert-OH is 1. The highest BCUT2D eigenvalue weighted by molar-refractivity contribution is 5.35. The minimum absolute atomic E-state index is 0.274. The molecule has 0 aliphatic heterocycles. The Labute approximate surface area is 191 Å². The van der Waals surface area contributed by atoms with Crippen molar-refractivity contribution >= 4 is 0 Å². The van der Waals surface area contributed by atoms with Crippen molar-refractivity contribution in [1.29, 1.82) is 0 Å². The normalized spacial score (nSPS) is 12.2. The molecule has 0 saturated heterocycles. The maximum absolute atomic E-state index is 10.4. The van der Waals surface area contributed by atoms with Gasteiger partial charge in [-0.15, -0.1) is 0 Å². The fourth-order valence-electron chi connectivity index (χ4n) is 3.78. The van der Waals surface area contributed by atoms with E-state index in [1.807, 2.05) is 49.8 Å². The molecule has 0 aliphatic carbocycles. The Bertz CT molecular complexity index is 998. The van der Waals surface area contributed by atoms with E-state index in [-0.39, 0.29) is 6.61 Å². The SMILES string of the molecule is Cc1ccc(OC[C@@H](O)CN(C)Cc2ccc(OCCn3nc(C)cc3C)cc2)c(C)c1. The van der Waals surface area contributed by atoms with Crippen LogP contribution in [0.1, 0.15) is 28.1 Å². The molecule has 1 atom stereocenters. The summed E-state index contributed by atoms with van der Waals surface area (Å²) in [6.45, 7) is 11.0. The molecule has 0 amide bonds. The molecule has 0 aliphatic rings. The average Bonchev–Trinajstić information content (AvgIpc) is 3.05. The summed E-state index contributed by atoms with van der Waals surface area (Å²) < 4.78 is 13.6. The third kappa shape index (κ3) is 7.11. The van der Waals surface area contributed by atoms with Crippen LogP contribution in [-0.4, -0.2) is 52.7 Å². The maximum Gasteiger partial charge on any atom is 0.122 e. The molecule has 2 aromatic carbocycles. The van der Waals surface area contributed by atoms with Crippen LogP contribution in [0.15, 0.2) is 48.5 Å². The number of rotatable bonds is 11. The zero-order chi connectivity index (χ0) is 23.1. The predicted octanol–water partition coefficient (Wildman–Crippen LogP) is 4.07. The Balaban J connectivity index is 1.39. The fraction of sp³-hybridized carbons (Fsp3) is 0.423. The third-order valence-corrected chi connectivity index (χ3v) is 5.34. The molecular weight excluding hydrogens is 402 g/mol. The topological polar surface area (TPSA) is 59.8 Å². The van der Waals surface area contributed by atoms with Gasteiger partial charge in [0, 0.05) is 18.8 Å². The first-order chi connectivity index (χ1) is 15.3. The number of aromatic nitrogens is 2. The molecule has 3 aromatic rings. The van der Waals surface area contributed by atoms with Gasteiger partial charge in [-0.05, 0) is 70.1 Å². The number of hydrogen-bond donors (Lipinski definition) is 1. The van der Waals surface area contributed by atoms with Crippen LogP contribution in [0.2, 0.25) is 0 Å². The summed E-state index contributed by atoms with van der Waals surface area (Å²) in [5, 5.41) is 14.8. The van der Waals surface area contributed by atoms with Gasteiger partial charge in [0.05, 0.1) is 12.2 Å². The van der Waals surface area contributed by atoms with Gasteiger partial charge in [0.25, 0.3) is 0 Å². The van der Waals surface area contributed by atoms with E-state index in [2.05, 4.69) is 48.1 Å². The van der Waals surface area contributed by atoms with Crippen molar-refractivity contribution < 1.29 is 14.6 Å². The molecule has 1 heterocycles. The summed E-state index contributed by atoms with van der Waals surface area (Å²) in [6.07, 6.45) is -0.558. The van der Waals surface area contributed by atoms with Crippen LogP contribution in [0.4, 0.5) is 0 Å². The van der Waals surface area contributed by atoms with Gasteiger partial charge in [0.2, 0.25) is 0 Å². The molecule has 0 fully saturated rings. The van der Waals surface area contributed by atoms with Crippen molar-refractivity contribution in [1.82, 2.24) is 14.7 Å². The minimum Gasteiger partial charge on any atom is -0.492 e.